The van der Waals surface area contributed by atoms with Gasteiger partial charge in [0.15, 0.2) is 0 Å². The molecule has 1 aromatic carbocycles. The molecule has 0 saturated heterocycles. The summed E-state index contributed by atoms with van der Waals surface area (Å²) < 4.78 is 5.79. The molecule has 108 valence electrons. The summed E-state index contributed by atoms with van der Waals surface area (Å²) in [6.45, 7) is 5.06. The maximum atomic E-state index is 5.79. The van der Waals surface area contributed by atoms with E-state index in [-0.39, 0.29) is 6.04 Å². The first-order chi connectivity index (χ1) is 10.3. The van der Waals surface area contributed by atoms with E-state index < -0.39 is 0 Å². The van der Waals surface area contributed by atoms with Gasteiger partial charge in [-0.1, -0.05) is 31.2 Å². The highest BCUT2D eigenvalue weighted by Crippen LogP contribution is 2.26. The fourth-order valence-corrected chi connectivity index (χ4v) is 2.24. The minimum atomic E-state index is 0.0428. The second-order valence-corrected chi connectivity index (χ2v) is 5.00. The summed E-state index contributed by atoms with van der Waals surface area (Å²) in [6, 6.07) is 10.1. The lowest BCUT2D eigenvalue weighted by Crippen LogP contribution is -2.19. The molecule has 0 radical (unpaired) electrons. The van der Waals surface area contributed by atoms with Crippen LogP contribution >= 0.6 is 0 Å². The third-order valence-electron chi connectivity index (χ3n) is 3.39. The van der Waals surface area contributed by atoms with E-state index in [0.717, 1.165) is 29.4 Å². The smallest absolute Gasteiger partial charge is 0.266 e. The molecule has 1 N–H and O–H groups in total. The van der Waals surface area contributed by atoms with Crippen molar-refractivity contribution < 1.29 is 4.42 Å². The van der Waals surface area contributed by atoms with Gasteiger partial charge < -0.3 is 9.73 Å². The van der Waals surface area contributed by atoms with Gasteiger partial charge in [-0.15, -0.1) is 10.2 Å². The van der Waals surface area contributed by atoms with E-state index in [1.807, 2.05) is 37.3 Å². The van der Waals surface area contributed by atoms with E-state index in [1.54, 1.807) is 6.20 Å². The van der Waals surface area contributed by atoms with Gasteiger partial charge in [0.25, 0.3) is 5.89 Å². The van der Waals surface area contributed by atoms with Crippen LogP contribution in [0.15, 0.2) is 40.9 Å². The van der Waals surface area contributed by atoms with Crippen molar-refractivity contribution in [3.63, 3.8) is 0 Å². The summed E-state index contributed by atoms with van der Waals surface area (Å²) >= 11 is 0. The molecule has 0 aliphatic rings. The van der Waals surface area contributed by atoms with Crippen LogP contribution in [0.25, 0.3) is 22.4 Å². The Hall–Kier alpha value is -2.27. The first-order valence-electron chi connectivity index (χ1n) is 7.20. The molecular formula is C16H18N4O. The number of aromatic nitrogens is 3. The Morgan fingerprint density at radius 3 is 2.90 bits per heavy atom. The van der Waals surface area contributed by atoms with Gasteiger partial charge in [-0.05, 0) is 31.3 Å². The first kappa shape index (κ1) is 13.7. The van der Waals surface area contributed by atoms with Gasteiger partial charge >= 0.3 is 0 Å². The monoisotopic (exact) mass is 282 g/mol. The highest BCUT2D eigenvalue weighted by atomic mass is 16.4. The van der Waals surface area contributed by atoms with Gasteiger partial charge in [-0.25, -0.2) is 0 Å². The number of nitrogens with one attached hydrogen (secondary N) is 1. The predicted octanol–water partition coefficient (Wildman–Crippen LogP) is 3.35. The van der Waals surface area contributed by atoms with Gasteiger partial charge in [-0.3, -0.25) is 4.98 Å². The van der Waals surface area contributed by atoms with Crippen LogP contribution in [0.2, 0.25) is 0 Å². The van der Waals surface area contributed by atoms with Crippen LogP contribution in [0.3, 0.4) is 0 Å². The van der Waals surface area contributed by atoms with E-state index >= 15 is 0 Å². The van der Waals surface area contributed by atoms with Crippen LogP contribution in [0.5, 0.6) is 0 Å². The van der Waals surface area contributed by atoms with Gasteiger partial charge in [0.1, 0.15) is 5.69 Å². The van der Waals surface area contributed by atoms with Gasteiger partial charge in [0, 0.05) is 11.6 Å². The molecule has 0 aliphatic carbocycles. The van der Waals surface area contributed by atoms with Crippen LogP contribution in [0.1, 0.15) is 32.2 Å². The van der Waals surface area contributed by atoms with Crippen molar-refractivity contribution in [1.82, 2.24) is 20.5 Å². The van der Waals surface area contributed by atoms with Gasteiger partial charge in [-0.2, -0.15) is 0 Å². The third kappa shape index (κ3) is 2.78. The molecule has 0 bridgehead atoms. The summed E-state index contributed by atoms with van der Waals surface area (Å²) in [6.07, 6.45) is 2.83. The van der Waals surface area contributed by atoms with E-state index in [1.165, 1.54) is 0 Å². The normalized spacial score (nSPS) is 12.7. The fourth-order valence-electron chi connectivity index (χ4n) is 2.24. The number of benzene rings is 1. The van der Waals surface area contributed by atoms with Gasteiger partial charge in [0.2, 0.25) is 5.89 Å². The second kappa shape index (κ2) is 6.01. The summed E-state index contributed by atoms with van der Waals surface area (Å²) in [5.41, 5.74) is 0.731. The Kier molecular flexibility index (Phi) is 3.92. The lowest BCUT2D eigenvalue weighted by Gasteiger charge is -2.07. The minimum absolute atomic E-state index is 0.0428. The number of hydrogen-bond acceptors (Lipinski definition) is 5. The van der Waals surface area contributed by atoms with Crippen LogP contribution < -0.4 is 5.32 Å². The largest absolute Gasteiger partial charge is 0.418 e. The number of nitrogens with zero attached hydrogens (tertiary/aromatic N) is 3. The Morgan fingerprint density at radius 1 is 1.19 bits per heavy atom. The van der Waals surface area contributed by atoms with Gasteiger partial charge in [0.05, 0.1) is 6.04 Å². The third-order valence-corrected chi connectivity index (χ3v) is 3.39. The van der Waals surface area contributed by atoms with Crippen molar-refractivity contribution in [2.24, 2.45) is 0 Å². The number of pyridine rings is 1. The van der Waals surface area contributed by atoms with E-state index in [0.29, 0.717) is 11.8 Å². The molecule has 3 rings (SSSR count). The molecule has 5 heteroatoms. The molecule has 0 fully saturated rings. The van der Waals surface area contributed by atoms with Crippen molar-refractivity contribution >= 4 is 10.8 Å². The summed E-state index contributed by atoms with van der Waals surface area (Å²) in [5.74, 6) is 1.06. The average molecular weight is 282 g/mol. The second-order valence-electron chi connectivity index (χ2n) is 5.00. The molecule has 21 heavy (non-hydrogen) atoms. The molecule has 5 nitrogen and oxygen atoms in total. The molecule has 3 aromatic rings. The number of fused-ring (bicyclic) bond motifs is 1. The zero-order valence-corrected chi connectivity index (χ0v) is 12.2. The number of hydrogen-bond donors (Lipinski definition) is 1. The zero-order chi connectivity index (χ0) is 14.7. The molecule has 0 saturated carbocycles. The molecular weight excluding hydrogens is 264 g/mol. The van der Waals surface area contributed by atoms with Crippen LogP contribution in [-0.2, 0) is 0 Å². The summed E-state index contributed by atoms with van der Waals surface area (Å²) in [4.78, 5) is 4.40. The summed E-state index contributed by atoms with van der Waals surface area (Å²) in [5, 5.41) is 13.7. The maximum absolute atomic E-state index is 5.79. The summed E-state index contributed by atoms with van der Waals surface area (Å²) in [7, 11) is 0. The van der Waals surface area contributed by atoms with Crippen molar-refractivity contribution in [3.8, 4) is 11.6 Å². The minimum Gasteiger partial charge on any atom is -0.418 e. The first-order valence-corrected chi connectivity index (χ1v) is 7.20. The molecule has 0 amide bonds. The van der Waals surface area contributed by atoms with Crippen molar-refractivity contribution in [2.75, 3.05) is 6.54 Å². The van der Waals surface area contributed by atoms with Crippen molar-refractivity contribution in [1.29, 1.82) is 0 Å². The maximum Gasteiger partial charge on any atom is 0.266 e. The lowest BCUT2D eigenvalue weighted by atomic mass is 10.1. The van der Waals surface area contributed by atoms with Crippen LogP contribution in [-0.4, -0.2) is 21.7 Å². The molecule has 0 spiro atoms. The molecule has 1 atom stereocenters. The van der Waals surface area contributed by atoms with Crippen molar-refractivity contribution in [3.05, 3.63) is 42.4 Å². The topological polar surface area (TPSA) is 63.8 Å². The average Bonchev–Trinajstić information content (AvgIpc) is 3.02. The fraction of sp³-hybridized carbons (Fsp3) is 0.312. The van der Waals surface area contributed by atoms with Crippen LogP contribution in [0.4, 0.5) is 0 Å². The van der Waals surface area contributed by atoms with E-state index in [4.69, 9.17) is 4.42 Å². The lowest BCUT2D eigenvalue weighted by molar-refractivity contribution is 0.422. The van der Waals surface area contributed by atoms with Crippen molar-refractivity contribution in [2.45, 2.75) is 26.3 Å². The van der Waals surface area contributed by atoms with E-state index in [2.05, 4.69) is 27.4 Å². The standard InChI is InChI=1S/C16H18N4O/c1-3-9-17-11(2)15-19-20-16(21-15)14-13-7-5-4-6-12(13)8-10-18-14/h4-8,10-11,17H,3,9H2,1-2H3. The Morgan fingerprint density at radius 2 is 2.05 bits per heavy atom. The number of rotatable bonds is 5. The Balaban J connectivity index is 1.95. The van der Waals surface area contributed by atoms with E-state index in [9.17, 15) is 0 Å². The highest BCUT2D eigenvalue weighted by Gasteiger charge is 2.16. The predicted molar refractivity (Wildman–Crippen MR) is 81.7 cm³/mol. The Labute approximate surface area is 123 Å². The van der Waals surface area contributed by atoms with Crippen LogP contribution in [0, 0.1) is 0 Å². The molecule has 2 heterocycles. The molecule has 0 aliphatic heterocycles. The SMILES string of the molecule is CCCNC(C)c1nnc(-c2nccc3ccccc23)o1. The molecule has 2 aromatic heterocycles. The quantitative estimate of drug-likeness (QED) is 0.777. The zero-order valence-electron chi connectivity index (χ0n) is 12.2. The molecule has 1 unspecified atom stereocenters. The highest BCUT2D eigenvalue weighted by molar-refractivity contribution is 5.92. The Bertz CT molecular complexity index is 732.